The van der Waals surface area contributed by atoms with E-state index >= 15 is 0 Å². The lowest BCUT2D eigenvalue weighted by molar-refractivity contribution is 0.0959. The van der Waals surface area contributed by atoms with Gasteiger partial charge < -0.3 is 14.6 Å². The van der Waals surface area contributed by atoms with Crippen LogP contribution in [0.5, 0.6) is 0 Å². The third kappa shape index (κ3) is 4.23. The van der Waals surface area contributed by atoms with Gasteiger partial charge in [0.15, 0.2) is 5.58 Å². The first-order valence-electron chi connectivity index (χ1n) is 10.0. The van der Waals surface area contributed by atoms with E-state index in [4.69, 9.17) is 10.8 Å². The first kappa shape index (κ1) is 21.6. The lowest BCUT2D eigenvalue weighted by atomic mass is 10.2. The second-order valence-corrected chi connectivity index (χ2v) is 9.17. The second-order valence-electron chi connectivity index (χ2n) is 7.23. The standard InChI is InChI=1S/C23H22N4O4S/c1-3-11-24-22(28)18-7-10-21-20(16-18)25-23(31-21)26-12-14-27(15-13-26)32(29,30)19-8-5-17(4-2)6-9-19/h1,4-10,16H,2,11-15H2,(H,24,28). The minimum atomic E-state index is -3.58. The van der Waals surface area contributed by atoms with Crippen LogP contribution < -0.4 is 10.2 Å². The van der Waals surface area contributed by atoms with Crippen molar-refractivity contribution in [3.05, 3.63) is 60.2 Å². The Hall–Kier alpha value is -3.61. The third-order valence-corrected chi connectivity index (χ3v) is 7.17. The van der Waals surface area contributed by atoms with Gasteiger partial charge in [-0.1, -0.05) is 30.7 Å². The molecule has 0 bridgehead atoms. The summed E-state index contributed by atoms with van der Waals surface area (Å²) >= 11 is 0. The maximum absolute atomic E-state index is 12.9. The molecular formula is C23H22N4O4S. The van der Waals surface area contributed by atoms with E-state index in [-0.39, 0.29) is 17.3 Å². The number of benzene rings is 2. The maximum Gasteiger partial charge on any atom is 0.298 e. The lowest BCUT2D eigenvalue weighted by Gasteiger charge is -2.33. The van der Waals surface area contributed by atoms with Crippen LogP contribution >= 0.6 is 0 Å². The molecule has 1 aliphatic rings. The number of carbonyl (C=O) groups is 1. The Morgan fingerprint density at radius 1 is 1.19 bits per heavy atom. The van der Waals surface area contributed by atoms with E-state index in [9.17, 15) is 13.2 Å². The zero-order valence-electron chi connectivity index (χ0n) is 17.3. The summed E-state index contributed by atoms with van der Waals surface area (Å²) < 4.78 is 33.2. The van der Waals surface area contributed by atoms with Crippen LogP contribution in [0.25, 0.3) is 17.2 Å². The highest BCUT2D eigenvalue weighted by Crippen LogP contribution is 2.25. The topological polar surface area (TPSA) is 95.8 Å². The molecule has 9 heteroatoms. The summed E-state index contributed by atoms with van der Waals surface area (Å²) in [6.07, 6.45) is 6.84. The number of hydrogen-bond donors (Lipinski definition) is 1. The molecule has 1 saturated heterocycles. The van der Waals surface area contributed by atoms with Gasteiger partial charge in [-0.3, -0.25) is 4.79 Å². The zero-order valence-corrected chi connectivity index (χ0v) is 18.1. The van der Waals surface area contributed by atoms with Crippen LogP contribution in [0.4, 0.5) is 6.01 Å². The van der Waals surface area contributed by atoms with Gasteiger partial charge in [0.05, 0.1) is 11.4 Å². The fraction of sp³-hybridized carbons (Fsp3) is 0.217. The molecule has 0 atom stereocenters. The number of oxazole rings is 1. The Kier molecular flexibility index (Phi) is 5.99. The van der Waals surface area contributed by atoms with E-state index in [2.05, 4.69) is 22.8 Å². The lowest BCUT2D eigenvalue weighted by Crippen LogP contribution is -2.48. The summed E-state index contributed by atoms with van der Waals surface area (Å²) in [5.41, 5.74) is 2.39. The second kappa shape index (κ2) is 8.86. The van der Waals surface area contributed by atoms with E-state index in [1.807, 2.05) is 4.90 Å². The number of amides is 1. The van der Waals surface area contributed by atoms with E-state index < -0.39 is 10.0 Å². The fourth-order valence-corrected chi connectivity index (χ4v) is 4.89. The molecule has 0 radical (unpaired) electrons. The number of hydrogen-bond acceptors (Lipinski definition) is 6. The quantitative estimate of drug-likeness (QED) is 0.579. The number of rotatable bonds is 6. The Bertz CT molecular complexity index is 1300. The molecule has 2 heterocycles. The highest BCUT2D eigenvalue weighted by molar-refractivity contribution is 7.89. The van der Waals surface area contributed by atoms with Crippen molar-refractivity contribution < 1.29 is 17.6 Å². The molecule has 1 N–H and O–H groups in total. The number of anilines is 1. The Morgan fingerprint density at radius 3 is 2.56 bits per heavy atom. The highest BCUT2D eigenvalue weighted by Gasteiger charge is 2.30. The van der Waals surface area contributed by atoms with Crippen LogP contribution in [-0.2, 0) is 10.0 Å². The third-order valence-electron chi connectivity index (χ3n) is 5.25. The smallest absolute Gasteiger partial charge is 0.298 e. The summed E-state index contributed by atoms with van der Waals surface area (Å²) in [5, 5.41) is 2.61. The number of aromatic nitrogens is 1. The number of nitrogens with zero attached hydrogens (tertiary/aromatic N) is 3. The van der Waals surface area contributed by atoms with Crippen molar-refractivity contribution in [3.63, 3.8) is 0 Å². The molecule has 8 nitrogen and oxygen atoms in total. The van der Waals surface area contributed by atoms with Gasteiger partial charge in [0.1, 0.15) is 5.52 Å². The molecule has 0 unspecified atom stereocenters. The van der Waals surface area contributed by atoms with E-state index in [0.29, 0.717) is 48.9 Å². The van der Waals surface area contributed by atoms with Crippen molar-refractivity contribution in [2.45, 2.75) is 4.90 Å². The van der Waals surface area contributed by atoms with Gasteiger partial charge in [0.2, 0.25) is 10.0 Å². The maximum atomic E-state index is 12.9. The molecule has 4 rings (SSSR count). The van der Waals surface area contributed by atoms with Gasteiger partial charge in [-0.05, 0) is 35.9 Å². The van der Waals surface area contributed by atoms with Crippen LogP contribution in [-0.4, -0.2) is 56.3 Å². The van der Waals surface area contributed by atoms with Crippen molar-refractivity contribution in [1.29, 1.82) is 0 Å². The number of piperazine rings is 1. The van der Waals surface area contributed by atoms with E-state index in [1.54, 1.807) is 48.5 Å². The molecule has 1 aliphatic heterocycles. The molecule has 3 aromatic rings. The van der Waals surface area contributed by atoms with Crippen molar-refractivity contribution in [2.75, 3.05) is 37.6 Å². The monoisotopic (exact) mass is 450 g/mol. The van der Waals surface area contributed by atoms with Gasteiger partial charge in [-0.15, -0.1) is 6.42 Å². The average molecular weight is 451 g/mol. The largest absolute Gasteiger partial charge is 0.423 e. The zero-order chi connectivity index (χ0) is 22.7. The molecule has 0 saturated carbocycles. The highest BCUT2D eigenvalue weighted by atomic mass is 32.2. The first-order chi connectivity index (χ1) is 15.4. The van der Waals surface area contributed by atoms with E-state index in [0.717, 1.165) is 5.56 Å². The molecule has 0 aliphatic carbocycles. The summed E-state index contributed by atoms with van der Waals surface area (Å²) in [6.45, 7) is 5.32. The molecule has 164 valence electrons. The Labute approximate surface area is 186 Å². The van der Waals surface area contributed by atoms with Crippen LogP contribution in [0.3, 0.4) is 0 Å². The van der Waals surface area contributed by atoms with Gasteiger partial charge in [-0.25, -0.2) is 8.42 Å². The fourth-order valence-electron chi connectivity index (χ4n) is 3.47. The summed E-state index contributed by atoms with van der Waals surface area (Å²) in [6, 6.07) is 12.0. The Morgan fingerprint density at radius 2 is 1.91 bits per heavy atom. The summed E-state index contributed by atoms with van der Waals surface area (Å²) in [7, 11) is -3.58. The van der Waals surface area contributed by atoms with E-state index in [1.165, 1.54) is 4.31 Å². The van der Waals surface area contributed by atoms with Crippen LogP contribution in [0.2, 0.25) is 0 Å². The predicted molar refractivity (Wildman–Crippen MR) is 123 cm³/mol. The SMILES string of the molecule is C#CCNC(=O)c1ccc2oc(N3CCN(S(=O)(=O)c4ccc(C=C)cc4)CC3)nc2c1. The summed E-state index contributed by atoms with van der Waals surface area (Å²) in [4.78, 5) is 18.7. The number of terminal acetylenes is 1. The number of nitrogens with one attached hydrogen (secondary N) is 1. The van der Waals surface area contributed by atoms with Gasteiger partial charge in [0.25, 0.3) is 11.9 Å². The van der Waals surface area contributed by atoms with Gasteiger partial charge >= 0.3 is 0 Å². The minimum absolute atomic E-state index is 0.145. The molecule has 1 amide bonds. The molecule has 1 fully saturated rings. The summed E-state index contributed by atoms with van der Waals surface area (Å²) in [5.74, 6) is 2.08. The normalized spacial score (nSPS) is 14.8. The average Bonchev–Trinajstić information content (AvgIpc) is 3.26. The minimum Gasteiger partial charge on any atom is -0.423 e. The number of fused-ring (bicyclic) bond motifs is 1. The van der Waals surface area contributed by atoms with Gasteiger partial charge in [-0.2, -0.15) is 9.29 Å². The molecule has 32 heavy (non-hydrogen) atoms. The first-order valence-corrected chi connectivity index (χ1v) is 11.5. The number of sulfonamides is 1. The Balaban J connectivity index is 1.46. The van der Waals surface area contributed by atoms with Gasteiger partial charge in [0, 0.05) is 31.7 Å². The molecule has 2 aromatic carbocycles. The van der Waals surface area contributed by atoms with Crippen molar-refractivity contribution in [3.8, 4) is 12.3 Å². The molecule has 1 aromatic heterocycles. The predicted octanol–water partition coefficient (Wildman–Crippen LogP) is 2.34. The van der Waals surface area contributed by atoms with Crippen molar-refractivity contribution >= 4 is 39.1 Å². The van der Waals surface area contributed by atoms with Crippen molar-refractivity contribution in [1.82, 2.24) is 14.6 Å². The van der Waals surface area contributed by atoms with Crippen molar-refractivity contribution in [2.24, 2.45) is 0 Å². The van der Waals surface area contributed by atoms with Crippen LogP contribution in [0.1, 0.15) is 15.9 Å². The van der Waals surface area contributed by atoms with Crippen LogP contribution in [0.15, 0.2) is 58.4 Å². The molecule has 0 spiro atoms. The van der Waals surface area contributed by atoms with Crippen LogP contribution in [0, 0.1) is 12.3 Å². The number of carbonyl (C=O) groups excluding carboxylic acids is 1. The molecular weight excluding hydrogens is 428 g/mol.